The van der Waals surface area contributed by atoms with Gasteiger partial charge in [-0.15, -0.1) is 0 Å². The van der Waals surface area contributed by atoms with Crippen molar-refractivity contribution in [2.24, 2.45) is 5.92 Å². The monoisotopic (exact) mass is 315 g/mol. The summed E-state index contributed by atoms with van der Waals surface area (Å²) < 4.78 is 28.1. The standard InChI is InChI=1S/C12H17N3O5S/c1-9-3-2-6-14(8-9)21(19,20)13-11-5-4-10(15(17)18)7-12(11)16/h4-5,7,9,13,16H,2-3,6,8H2,1H3. The SMILES string of the molecule is CC1CCCN(S(=O)(=O)Nc2ccc([N+](=O)[O-])cc2O)C1. The zero-order valence-corrected chi connectivity index (χ0v) is 12.3. The van der Waals surface area contributed by atoms with Gasteiger partial charge in [0.2, 0.25) is 0 Å². The topological polar surface area (TPSA) is 113 Å². The van der Waals surface area contributed by atoms with Crippen molar-refractivity contribution in [1.82, 2.24) is 4.31 Å². The van der Waals surface area contributed by atoms with Crippen molar-refractivity contribution in [3.8, 4) is 5.75 Å². The second-order valence-corrected chi connectivity index (χ2v) is 6.84. The van der Waals surface area contributed by atoms with Crippen LogP contribution in [-0.2, 0) is 10.2 Å². The van der Waals surface area contributed by atoms with E-state index in [9.17, 15) is 23.6 Å². The van der Waals surface area contributed by atoms with Crippen LogP contribution in [0.15, 0.2) is 18.2 Å². The summed E-state index contributed by atoms with van der Waals surface area (Å²) in [5, 5.41) is 20.3. The minimum absolute atomic E-state index is 0.0705. The van der Waals surface area contributed by atoms with Gasteiger partial charge < -0.3 is 5.11 Å². The lowest BCUT2D eigenvalue weighted by Crippen LogP contribution is -2.42. The van der Waals surface area contributed by atoms with Gasteiger partial charge >= 0.3 is 10.2 Å². The molecule has 2 rings (SSSR count). The third kappa shape index (κ3) is 3.61. The van der Waals surface area contributed by atoms with Crippen LogP contribution in [0, 0.1) is 16.0 Å². The lowest BCUT2D eigenvalue weighted by Gasteiger charge is -2.30. The molecule has 0 aliphatic carbocycles. The van der Waals surface area contributed by atoms with Gasteiger partial charge in [0.1, 0.15) is 5.75 Å². The molecule has 9 heteroatoms. The molecule has 1 unspecified atom stereocenters. The van der Waals surface area contributed by atoms with Crippen LogP contribution in [0.4, 0.5) is 11.4 Å². The molecule has 0 amide bonds. The second-order valence-electron chi connectivity index (χ2n) is 5.17. The number of nitrogens with one attached hydrogen (secondary N) is 1. The first-order valence-electron chi connectivity index (χ1n) is 6.55. The minimum atomic E-state index is -3.77. The van der Waals surface area contributed by atoms with Gasteiger partial charge in [0.15, 0.2) is 0 Å². The summed E-state index contributed by atoms with van der Waals surface area (Å²) in [5.74, 6) is -0.196. The number of non-ortho nitro benzene ring substituents is 1. The van der Waals surface area contributed by atoms with Crippen LogP contribution in [0.5, 0.6) is 5.75 Å². The van der Waals surface area contributed by atoms with Crippen molar-refractivity contribution < 1.29 is 18.4 Å². The van der Waals surface area contributed by atoms with E-state index in [0.717, 1.165) is 25.0 Å². The highest BCUT2D eigenvalue weighted by molar-refractivity contribution is 7.90. The van der Waals surface area contributed by atoms with Crippen molar-refractivity contribution >= 4 is 21.6 Å². The Balaban J connectivity index is 2.18. The maximum absolute atomic E-state index is 12.2. The van der Waals surface area contributed by atoms with Crippen LogP contribution in [0.3, 0.4) is 0 Å². The Kier molecular flexibility index (Phi) is 4.33. The van der Waals surface area contributed by atoms with Gasteiger partial charge in [-0.3, -0.25) is 14.8 Å². The van der Waals surface area contributed by atoms with Gasteiger partial charge in [0, 0.05) is 19.2 Å². The van der Waals surface area contributed by atoms with Crippen LogP contribution in [-0.4, -0.2) is 35.8 Å². The summed E-state index contributed by atoms with van der Waals surface area (Å²) in [6, 6.07) is 3.23. The predicted octanol–water partition coefficient (Wildman–Crippen LogP) is 1.69. The fourth-order valence-corrected chi connectivity index (χ4v) is 3.69. The van der Waals surface area contributed by atoms with E-state index in [-0.39, 0.29) is 17.3 Å². The van der Waals surface area contributed by atoms with Gasteiger partial charge in [0.05, 0.1) is 16.7 Å². The zero-order chi connectivity index (χ0) is 15.6. The number of nitro benzene ring substituents is 1. The van der Waals surface area contributed by atoms with Crippen molar-refractivity contribution in [1.29, 1.82) is 0 Å². The molecule has 1 atom stereocenters. The number of phenolic OH excluding ortho intramolecular Hbond substituents is 1. The lowest BCUT2D eigenvalue weighted by atomic mass is 10.0. The van der Waals surface area contributed by atoms with Crippen molar-refractivity contribution in [2.45, 2.75) is 19.8 Å². The van der Waals surface area contributed by atoms with E-state index < -0.39 is 20.9 Å². The second kappa shape index (κ2) is 5.86. The molecule has 1 fully saturated rings. The Hall–Kier alpha value is -1.87. The number of nitro groups is 1. The maximum Gasteiger partial charge on any atom is 0.301 e. The molecule has 1 aromatic carbocycles. The molecule has 1 aliphatic rings. The predicted molar refractivity (Wildman–Crippen MR) is 77.3 cm³/mol. The first kappa shape index (κ1) is 15.5. The highest BCUT2D eigenvalue weighted by Gasteiger charge is 2.27. The van der Waals surface area contributed by atoms with Crippen LogP contribution >= 0.6 is 0 Å². The fraction of sp³-hybridized carbons (Fsp3) is 0.500. The molecule has 0 radical (unpaired) electrons. The van der Waals surface area contributed by atoms with Gasteiger partial charge in [-0.1, -0.05) is 6.92 Å². The maximum atomic E-state index is 12.2. The summed E-state index contributed by atoms with van der Waals surface area (Å²) in [6.07, 6.45) is 1.77. The molecular formula is C12H17N3O5S. The molecule has 0 bridgehead atoms. The van der Waals surface area contributed by atoms with Gasteiger partial charge in [-0.25, -0.2) is 0 Å². The first-order chi connectivity index (χ1) is 9.79. The van der Waals surface area contributed by atoms with E-state index in [0.29, 0.717) is 13.1 Å². The van der Waals surface area contributed by atoms with Crippen molar-refractivity contribution in [3.05, 3.63) is 28.3 Å². The number of anilines is 1. The van der Waals surface area contributed by atoms with E-state index >= 15 is 0 Å². The number of aromatic hydroxyl groups is 1. The number of rotatable bonds is 4. The molecule has 2 N–H and O–H groups in total. The molecule has 1 saturated heterocycles. The van der Waals surface area contributed by atoms with Crippen LogP contribution < -0.4 is 4.72 Å². The van der Waals surface area contributed by atoms with Crippen molar-refractivity contribution in [3.63, 3.8) is 0 Å². The third-order valence-electron chi connectivity index (χ3n) is 3.39. The van der Waals surface area contributed by atoms with Crippen molar-refractivity contribution in [2.75, 3.05) is 17.8 Å². The smallest absolute Gasteiger partial charge is 0.301 e. The summed E-state index contributed by atoms with van der Waals surface area (Å²) >= 11 is 0. The Morgan fingerprint density at radius 2 is 2.19 bits per heavy atom. The number of benzene rings is 1. The summed E-state index contributed by atoms with van der Waals surface area (Å²) in [4.78, 5) is 9.92. The molecular weight excluding hydrogens is 298 g/mol. The summed E-state index contributed by atoms with van der Waals surface area (Å²) in [7, 11) is -3.77. The van der Waals surface area contributed by atoms with E-state index in [1.54, 1.807) is 0 Å². The Morgan fingerprint density at radius 1 is 1.48 bits per heavy atom. The summed E-state index contributed by atoms with van der Waals surface area (Å²) in [5.41, 5.74) is -0.374. The van der Waals surface area contributed by atoms with Gasteiger partial charge in [0.25, 0.3) is 5.69 Å². The van der Waals surface area contributed by atoms with Crippen LogP contribution in [0.2, 0.25) is 0 Å². The third-order valence-corrected chi connectivity index (χ3v) is 4.88. The molecule has 8 nitrogen and oxygen atoms in total. The zero-order valence-electron chi connectivity index (χ0n) is 11.5. The lowest BCUT2D eigenvalue weighted by molar-refractivity contribution is -0.384. The van der Waals surface area contributed by atoms with Crippen LogP contribution in [0.25, 0.3) is 0 Å². The van der Waals surface area contributed by atoms with E-state index in [1.807, 2.05) is 6.92 Å². The van der Waals surface area contributed by atoms with E-state index in [1.165, 1.54) is 10.4 Å². The number of nitrogens with zero attached hydrogens (tertiary/aromatic N) is 2. The van der Waals surface area contributed by atoms with E-state index in [2.05, 4.69) is 4.72 Å². The first-order valence-corrected chi connectivity index (χ1v) is 7.99. The number of hydrogen-bond donors (Lipinski definition) is 2. The average molecular weight is 315 g/mol. The molecule has 0 aromatic heterocycles. The largest absolute Gasteiger partial charge is 0.505 e. The Bertz CT molecular complexity index is 646. The Labute approximate surface area is 122 Å². The quantitative estimate of drug-likeness (QED) is 0.498. The Morgan fingerprint density at radius 3 is 2.76 bits per heavy atom. The number of phenols is 1. The van der Waals surface area contributed by atoms with E-state index in [4.69, 9.17) is 0 Å². The molecule has 0 saturated carbocycles. The highest BCUT2D eigenvalue weighted by atomic mass is 32.2. The number of piperidine rings is 1. The molecule has 21 heavy (non-hydrogen) atoms. The summed E-state index contributed by atoms with van der Waals surface area (Å²) in [6.45, 7) is 2.82. The molecule has 1 aliphatic heterocycles. The minimum Gasteiger partial charge on any atom is -0.505 e. The molecule has 116 valence electrons. The molecule has 0 spiro atoms. The molecule has 1 heterocycles. The fourth-order valence-electron chi connectivity index (χ4n) is 2.29. The average Bonchev–Trinajstić information content (AvgIpc) is 2.40. The molecule has 1 aromatic rings. The highest BCUT2D eigenvalue weighted by Crippen LogP contribution is 2.29. The normalized spacial score (nSPS) is 20.1. The number of hydrogen-bond acceptors (Lipinski definition) is 5. The van der Waals surface area contributed by atoms with Gasteiger partial charge in [-0.05, 0) is 24.8 Å². The van der Waals surface area contributed by atoms with Gasteiger partial charge in [-0.2, -0.15) is 12.7 Å². The van der Waals surface area contributed by atoms with Crippen LogP contribution in [0.1, 0.15) is 19.8 Å².